The summed E-state index contributed by atoms with van der Waals surface area (Å²) < 4.78 is 0. The summed E-state index contributed by atoms with van der Waals surface area (Å²) in [6, 6.07) is 3.59. The van der Waals surface area contributed by atoms with E-state index in [1.165, 1.54) is 42.7 Å². The van der Waals surface area contributed by atoms with Crippen LogP contribution in [-0.2, 0) is 12.8 Å². The quantitative estimate of drug-likeness (QED) is 0.829. The molecule has 0 aromatic carbocycles. The van der Waals surface area contributed by atoms with Crippen molar-refractivity contribution in [3.8, 4) is 0 Å². The molecule has 0 radical (unpaired) electrons. The molecule has 1 aliphatic rings. The number of hydrogen-bond acceptors (Lipinski definition) is 3. The third-order valence-electron chi connectivity index (χ3n) is 3.73. The number of nitrogens with one attached hydrogen (secondary N) is 1. The van der Waals surface area contributed by atoms with Gasteiger partial charge in [-0.1, -0.05) is 0 Å². The zero-order chi connectivity index (χ0) is 13.0. The van der Waals surface area contributed by atoms with Gasteiger partial charge in [-0.25, -0.2) is 0 Å². The Hall–Kier alpha value is 0.01000. The van der Waals surface area contributed by atoms with E-state index < -0.39 is 0 Å². The Balaban J connectivity index is 1.92. The molecule has 102 valence electrons. The van der Waals surface area contributed by atoms with E-state index in [0.717, 1.165) is 0 Å². The highest BCUT2D eigenvalue weighted by molar-refractivity contribution is 7.98. The Bertz CT molecular complexity index is 349. The van der Waals surface area contributed by atoms with E-state index >= 15 is 0 Å². The molecule has 0 spiro atoms. The second kappa shape index (κ2) is 6.97. The van der Waals surface area contributed by atoms with E-state index in [0.29, 0.717) is 12.1 Å². The van der Waals surface area contributed by atoms with Crippen molar-refractivity contribution in [1.82, 2.24) is 5.32 Å². The SMILES string of the molecule is CSCCC(C)NC(C)c1cc2c(s1)CCCC2. The first-order chi connectivity index (χ1) is 8.70. The first kappa shape index (κ1) is 14.4. The molecule has 0 saturated carbocycles. The Kier molecular flexibility index (Phi) is 5.58. The summed E-state index contributed by atoms with van der Waals surface area (Å²) in [7, 11) is 0. The van der Waals surface area contributed by atoms with Crippen molar-refractivity contribution in [3.63, 3.8) is 0 Å². The smallest absolute Gasteiger partial charge is 0.0388 e. The van der Waals surface area contributed by atoms with Crippen LogP contribution in [0.1, 0.15) is 54.5 Å². The summed E-state index contributed by atoms with van der Waals surface area (Å²) in [5.74, 6) is 1.25. The molecule has 0 amide bonds. The number of rotatable bonds is 6. The highest BCUT2D eigenvalue weighted by Crippen LogP contribution is 2.32. The van der Waals surface area contributed by atoms with Crippen LogP contribution in [0.2, 0.25) is 0 Å². The minimum Gasteiger partial charge on any atom is -0.307 e. The Labute approximate surface area is 120 Å². The van der Waals surface area contributed by atoms with E-state index in [2.05, 4.69) is 31.5 Å². The van der Waals surface area contributed by atoms with Gasteiger partial charge in [0.2, 0.25) is 0 Å². The van der Waals surface area contributed by atoms with Gasteiger partial charge >= 0.3 is 0 Å². The summed E-state index contributed by atoms with van der Waals surface area (Å²) in [5, 5.41) is 3.74. The minimum atomic E-state index is 0.512. The van der Waals surface area contributed by atoms with Crippen molar-refractivity contribution in [3.05, 3.63) is 21.4 Å². The van der Waals surface area contributed by atoms with Gasteiger partial charge in [0.15, 0.2) is 0 Å². The maximum absolute atomic E-state index is 3.74. The van der Waals surface area contributed by atoms with E-state index in [1.54, 1.807) is 10.4 Å². The van der Waals surface area contributed by atoms with Crippen LogP contribution in [0.4, 0.5) is 0 Å². The highest BCUT2D eigenvalue weighted by atomic mass is 32.2. The van der Waals surface area contributed by atoms with Gasteiger partial charge in [-0.2, -0.15) is 11.8 Å². The van der Waals surface area contributed by atoms with Crippen LogP contribution in [-0.4, -0.2) is 18.1 Å². The summed E-state index contributed by atoms with van der Waals surface area (Å²) in [6.45, 7) is 4.62. The predicted octanol–water partition coefficient (Wildman–Crippen LogP) is 4.42. The van der Waals surface area contributed by atoms with Gasteiger partial charge in [0.05, 0.1) is 0 Å². The van der Waals surface area contributed by atoms with Crippen LogP contribution >= 0.6 is 23.1 Å². The Morgan fingerprint density at radius 3 is 2.83 bits per heavy atom. The molecule has 3 heteroatoms. The predicted molar refractivity (Wildman–Crippen MR) is 85.0 cm³/mol. The molecule has 1 nitrogen and oxygen atoms in total. The van der Waals surface area contributed by atoms with Crippen molar-refractivity contribution >= 4 is 23.1 Å². The fourth-order valence-corrected chi connectivity index (χ4v) is 4.47. The lowest BCUT2D eigenvalue weighted by Gasteiger charge is -2.18. The molecular weight excluding hydrogens is 258 g/mol. The van der Waals surface area contributed by atoms with E-state index in [-0.39, 0.29) is 0 Å². The number of thiophene rings is 1. The first-order valence-electron chi connectivity index (χ1n) is 7.07. The van der Waals surface area contributed by atoms with Crippen molar-refractivity contribution in [2.45, 2.75) is 58.0 Å². The maximum Gasteiger partial charge on any atom is 0.0388 e. The van der Waals surface area contributed by atoms with Crippen molar-refractivity contribution in [2.75, 3.05) is 12.0 Å². The van der Waals surface area contributed by atoms with Crippen molar-refractivity contribution in [1.29, 1.82) is 0 Å². The van der Waals surface area contributed by atoms with Gasteiger partial charge in [0.1, 0.15) is 0 Å². The van der Waals surface area contributed by atoms with Crippen LogP contribution in [0.15, 0.2) is 6.07 Å². The number of hydrogen-bond donors (Lipinski definition) is 1. The van der Waals surface area contributed by atoms with Crippen LogP contribution in [0.25, 0.3) is 0 Å². The van der Waals surface area contributed by atoms with Crippen molar-refractivity contribution in [2.24, 2.45) is 0 Å². The minimum absolute atomic E-state index is 0.512. The molecule has 0 fully saturated rings. The van der Waals surface area contributed by atoms with Crippen molar-refractivity contribution < 1.29 is 0 Å². The number of thioether (sulfide) groups is 1. The Morgan fingerprint density at radius 2 is 2.11 bits per heavy atom. The summed E-state index contributed by atoms with van der Waals surface area (Å²) in [4.78, 5) is 3.19. The molecule has 1 aromatic heterocycles. The normalized spacial score (nSPS) is 18.4. The molecule has 1 aromatic rings. The van der Waals surface area contributed by atoms with Crippen LogP contribution in [0.3, 0.4) is 0 Å². The molecule has 1 heterocycles. The fraction of sp³-hybridized carbons (Fsp3) is 0.733. The summed E-state index contributed by atoms with van der Waals surface area (Å²) in [5.41, 5.74) is 1.63. The molecule has 0 bridgehead atoms. The van der Waals surface area contributed by atoms with Crippen LogP contribution in [0, 0.1) is 0 Å². The molecule has 1 aliphatic carbocycles. The zero-order valence-electron chi connectivity index (χ0n) is 11.8. The van der Waals surface area contributed by atoms with Crippen LogP contribution < -0.4 is 5.32 Å². The molecule has 2 atom stereocenters. The van der Waals surface area contributed by atoms with Gasteiger partial charge in [0.25, 0.3) is 0 Å². The van der Waals surface area contributed by atoms with Gasteiger partial charge in [-0.05, 0) is 69.6 Å². The van der Waals surface area contributed by atoms with Crippen LogP contribution in [0.5, 0.6) is 0 Å². The lowest BCUT2D eigenvalue weighted by atomic mass is 9.99. The zero-order valence-corrected chi connectivity index (χ0v) is 13.4. The average Bonchev–Trinajstić information content (AvgIpc) is 2.80. The molecule has 18 heavy (non-hydrogen) atoms. The van der Waals surface area contributed by atoms with E-state index in [1.807, 2.05) is 23.1 Å². The lowest BCUT2D eigenvalue weighted by molar-refractivity contribution is 0.476. The molecule has 1 N–H and O–H groups in total. The van der Waals surface area contributed by atoms with Gasteiger partial charge < -0.3 is 5.32 Å². The maximum atomic E-state index is 3.74. The standard InChI is InChI=1S/C15H25NS2/c1-11(8-9-17-3)16-12(2)15-10-13-6-4-5-7-14(13)18-15/h10-12,16H,4-9H2,1-3H3. The molecule has 0 saturated heterocycles. The lowest BCUT2D eigenvalue weighted by Crippen LogP contribution is -2.28. The summed E-state index contributed by atoms with van der Waals surface area (Å²) >= 11 is 3.98. The third kappa shape index (κ3) is 3.75. The van der Waals surface area contributed by atoms with Gasteiger partial charge in [-0.15, -0.1) is 11.3 Å². The molecule has 0 aliphatic heterocycles. The first-order valence-corrected chi connectivity index (χ1v) is 9.28. The molecule has 2 unspecified atom stereocenters. The third-order valence-corrected chi connectivity index (χ3v) is 5.80. The topological polar surface area (TPSA) is 12.0 Å². The number of fused-ring (bicyclic) bond motifs is 1. The highest BCUT2D eigenvalue weighted by Gasteiger charge is 2.17. The van der Waals surface area contributed by atoms with E-state index in [4.69, 9.17) is 0 Å². The molecule has 2 rings (SSSR count). The molecular formula is C15H25NS2. The monoisotopic (exact) mass is 283 g/mol. The van der Waals surface area contributed by atoms with E-state index in [9.17, 15) is 0 Å². The fourth-order valence-electron chi connectivity index (χ4n) is 2.61. The summed E-state index contributed by atoms with van der Waals surface area (Å²) in [6.07, 6.45) is 8.84. The van der Waals surface area contributed by atoms with Gasteiger partial charge in [-0.3, -0.25) is 0 Å². The van der Waals surface area contributed by atoms with Gasteiger partial charge in [0, 0.05) is 21.8 Å². The average molecular weight is 284 g/mol. The second-order valence-corrected chi connectivity index (χ2v) is 7.53. The number of aryl methyl sites for hydroxylation is 2. The second-order valence-electron chi connectivity index (χ2n) is 5.38. The largest absolute Gasteiger partial charge is 0.307 e. The Morgan fingerprint density at radius 1 is 1.33 bits per heavy atom.